The van der Waals surface area contributed by atoms with Crippen molar-refractivity contribution in [3.63, 3.8) is 0 Å². The first-order chi connectivity index (χ1) is 20.1. The zero-order valence-corrected chi connectivity index (χ0v) is 22.4. The van der Waals surface area contributed by atoms with Gasteiger partial charge in [-0.25, -0.2) is 19.2 Å². The van der Waals surface area contributed by atoms with Crippen LogP contribution in [0, 0.1) is 17.1 Å². The molecule has 4 aromatic rings. The van der Waals surface area contributed by atoms with Crippen LogP contribution in [0.4, 0.5) is 28.0 Å². The number of aromatic amines is 1. The lowest BCUT2D eigenvalue weighted by atomic mass is 9.84. The molecule has 218 valence electrons. The lowest BCUT2D eigenvalue weighted by molar-refractivity contribution is -0.127. The van der Waals surface area contributed by atoms with Crippen LogP contribution in [0.1, 0.15) is 24.8 Å². The van der Waals surface area contributed by atoms with E-state index in [1.807, 2.05) is 16.9 Å². The standard InChI is InChI=1S/C28H27F4N9O/c29-20-1-2-23(18(11-20)12-28(30,31)32)38-26(42)39-9-4-21(5-10-39)40-15-27(16-40,6-7-33)41-14-19(13-37-41)24-22-3-8-34-25(22)36-17-35-24/h1-3,8,11,13-14,17,21H,4-6,9-10,12,15-16H2,(H,38,42)(H,34,35,36). The summed E-state index contributed by atoms with van der Waals surface area (Å²) in [5.41, 5.74) is 1.46. The first kappa shape index (κ1) is 27.6. The summed E-state index contributed by atoms with van der Waals surface area (Å²) in [6.07, 6.45) is 2.71. The lowest BCUT2D eigenvalue weighted by Gasteiger charge is -2.53. The van der Waals surface area contributed by atoms with E-state index >= 15 is 0 Å². The van der Waals surface area contributed by atoms with Crippen LogP contribution >= 0.6 is 0 Å². The number of piperidine rings is 1. The van der Waals surface area contributed by atoms with E-state index in [0.29, 0.717) is 39.0 Å². The van der Waals surface area contributed by atoms with E-state index in [9.17, 15) is 27.6 Å². The summed E-state index contributed by atoms with van der Waals surface area (Å²) in [5.74, 6) is -0.798. The van der Waals surface area contributed by atoms with Crippen LogP contribution in [-0.2, 0) is 12.0 Å². The number of anilines is 1. The van der Waals surface area contributed by atoms with Crippen LogP contribution in [0.25, 0.3) is 22.3 Å². The number of halogens is 4. The van der Waals surface area contributed by atoms with Gasteiger partial charge in [-0.3, -0.25) is 9.58 Å². The van der Waals surface area contributed by atoms with Crippen LogP contribution in [0.5, 0.6) is 0 Å². The molecule has 2 fully saturated rings. The lowest BCUT2D eigenvalue weighted by Crippen LogP contribution is -2.66. The molecule has 0 bridgehead atoms. The van der Waals surface area contributed by atoms with Crippen molar-refractivity contribution in [3.05, 3.63) is 60.6 Å². The smallest absolute Gasteiger partial charge is 0.346 e. The Hall–Kier alpha value is -4.51. The van der Waals surface area contributed by atoms with Crippen molar-refractivity contribution in [1.29, 1.82) is 5.26 Å². The van der Waals surface area contributed by atoms with E-state index < -0.39 is 30.0 Å². The normalized spacial score (nSPS) is 17.6. The molecular weight excluding hydrogens is 554 g/mol. The number of benzene rings is 1. The molecule has 2 amide bonds. The third-order valence-corrected chi connectivity index (χ3v) is 8.07. The number of alkyl halides is 3. The van der Waals surface area contributed by atoms with Gasteiger partial charge in [0.15, 0.2) is 0 Å². The summed E-state index contributed by atoms with van der Waals surface area (Å²) < 4.78 is 54.3. The number of carbonyl (C=O) groups excluding carboxylic acids is 1. The Morgan fingerprint density at radius 3 is 2.71 bits per heavy atom. The van der Waals surface area contributed by atoms with Crippen LogP contribution in [0.2, 0.25) is 0 Å². The fraction of sp³-hybridized carbons (Fsp3) is 0.393. The van der Waals surface area contributed by atoms with Crippen molar-refractivity contribution in [3.8, 4) is 17.3 Å². The maximum Gasteiger partial charge on any atom is 0.393 e. The molecule has 2 saturated heterocycles. The number of nitrogens with one attached hydrogen (secondary N) is 2. The molecular formula is C28H27F4N9O. The van der Waals surface area contributed by atoms with Crippen LogP contribution in [-0.4, -0.2) is 79.0 Å². The molecule has 0 spiro atoms. The minimum atomic E-state index is -4.54. The highest BCUT2D eigenvalue weighted by molar-refractivity contribution is 5.90. The van der Waals surface area contributed by atoms with E-state index in [-0.39, 0.29) is 23.7 Å². The summed E-state index contributed by atoms with van der Waals surface area (Å²) >= 11 is 0. The molecule has 42 heavy (non-hydrogen) atoms. The summed E-state index contributed by atoms with van der Waals surface area (Å²) in [7, 11) is 0. The van der Waals surface area contributed by atoms with E-state index in [1.165, 1.54) is 6.33 Å². The number of hydrogen-bond acceptors (Lipinski definition) is 6. The average Bonchev–Trinajstić information content (AvgIpc) is 3.62. The van der Waals surface area contributed by atoms with E-state index in [2.05, 4.69) is 36.3 Å². The molecule has 0 radical (unpaired) electrons. The third-order valence-electron chi connectivity index (χ3n) is 8.07. The van der Waals surface area contributed by atoms with Crippen molar-refractivity contribution in [2.24, 2.45) is 0 Å². The molecule has 2 N–H and O–H groups in total. The van der Waals surface area contributed by atoms with E-state index in [0.717, 1.165) is 40.5 Å². The van der Waals surface area contributed by atoms with Gasteiger partial charge in [-0.2, -0.15) is 23.5 Å². The number of hydrogen-bond donors (Lipinski definition) is 2. The van der Waals surface area contributed by atoms with Gasteiger partial charge in [0.2, 0.25) is 0 Å². The van der Waals surface area contributed by atoms with Gasteiger partial charge in [0.25, 0.3) is 0 Å². The molecule has 3 aromatic heterocycles. The maximum absolute atomic E-state index is 13.6. The summed E-state index contributed by atoms with van der Waals surface area (Å²) in [6.45, 7) is 2.08. The number of urea groups is 1. The molecule has 0 saturated carbocycles. The summed E-state index contributed by atoms with van der Waals surface area (Å²) in [6, 6.07) is 6.85. The van der Waals surface area contributed by atoms with Gasteiger partial charge in [-0.15, -0.1) is 0 Å². The largest absolute Gasteiger partial charge is 0.393 e. The highest BCUT2D eigenvalue weighted by Gasteiger charge is 2.48. The Bertz CT molecular complexity index is 1640. The third kappa shape index (κ3) is 5.39. The van der Waals surface area contributed by atoms with Crippen LogP contribution in [0.3, 0.4) is 0 Å². The van der Waals surface area contributed by atoms with E-state index in [4.69, 9.17) is 0 Å². The fourth-order valence-corrected chi connectivity index (χ4v) is 5.93. The molecule has 6 rings (SSSR count). The minimum Gasteiger partial charge on any atom is -0.346 e. The predicted octanol–water partition coefficient (Wildman–Crippen LogP) is 4.69. The van der Waals surface area contributed by atoms with Crippen molar-refractivity contribution < 1.29 is 22.4 Å². The molecule has 5 heterocycles. The number of nitriles is 1. The topological polar surface area (TPSA) is 119 Å². The molecule has 0 atom stereocenters. The molecule has 14 heteroatoms. The first-order valence-electron chi connectivity index (χ1n) is 13.5. The number of rotatable bonds is 6. The Labute approximate surface area is 238 Å². The number of fused-ring (bicyclic) bond motifs is 1. The number of carbonyl (C=O) groups is 1. The molecule has 2 aliphatic heterocycles. The predicted molar refractivity (Wildman–Crippen MR) is 145 cm³/mol. The van der Waals surface area contributed by atoms with Gasteiger partial charge >= 0.3 is 12.2 Å². The Morgan fingerprint density at radius 1 is 1.19 bits per heavy atom. The monoisotopic (exact) mass is 581 g/mol. The Morgan fingerprint density at radius 2 is 1.98 bits per heavy atom. The molecule has 0 aliphatic carbocycles. The van der Waals surface area contributed by atoms with Crippen LogP contribution in [0.15, 0.2) is 49.2 Å². The zero-order chi connectivity index (χ0) is 29.5. The number of nitrogens with zero attached hydrogens (tertiary/aromatic N) is 7. The van der Waals surface area contributed by atoms with Gasteiger partial charge in [0.05, 0.1) is 30.8 Å². The second kappa shape index (κ2) is 10.7. The Balaban J connectivity index is 1.07. The first-order valence-corrected chi connectivity index (χ1v) is 13.5. The van der Waals surface area contributed by atoms with Crippen molar-refractivity contribution >= 4 is 22.8 Å². The van der Waals surface area contributed by atoms with Gasteiger partial charge < -0.3 is 15.2 Å². The zero-order valence-electron chi connectivity index (χ0n) is 22.4. The number of aromatic nitrogens is 5. The second-order valence-electron chi connectivity index (χ2n) is 10.8. The molecule has 10 nitrogen and oxygen atoms in total. The van der Waals surface area contributed by atoms with Gasteiger partial charge in [-0.1, -0.05) is 0 Å². The van der Waals surface area contributed by atoms with Crippen LogP contribution < -0.4 is 5.32 Å². The van der Waals surface area contributed by atoms with Gasteiger partial charge in [-0.05, 0) is 42.7 Å². The van der Waals surface area contributed by atoms with Gasteiger partial charge in [0, 0.05) is 61.3 Å². The number of H-pyrrole nitrogens is 1. The highest BCUT2D eigenvalue weighted by Crippen LogP contribution is 2.37. The highest BCUT2D eigenvalue weighted by atomic mass is 19.4. The number of amides is 2. The van der Waals surface area contributed by atoms with Gasteiger partial charge in [0.1, 0.15) is 23.3 Å². The fourth-order valence-electron chi connectivity index (χ4n) is 5.93. The molecule has 0 unspecified atom stereocenters. The van der Waals surface area contributed by atoms with Crippen molar-refractivity contribution in [2.45, 2.75) is 43.4 Å². The maximum atomic E-state index is 13.6. The Kier molecular flexibility index (Phi) is 7.05. The number of likely N-dealkylation sites (tertiary alicyclic amines) is 2. The van der Waals surface area contributed by atoms with Crippen molar-refractivity contribution in [2.75, 3.05) is 31.5 Å². The summed E-state index contributed by atoms with van der Waals surface area (Å²) in [4.78, 5) is 28.4. The quantitative estimate of drug-likeness (QED) is 0.319. The van der Waals surface area contributed by atoms with E-state index in [1.54, 1.807) is 17.3 Å². The summed E-state index contributed by atoms with van der Waals surface area (Å²) in [5, 5.41) is 17.6. The van der Waals surface area contributed by atoms with Crippen molar-refractivity contribution in [1.82, 2.24) is 34.5 Å². The molecule has 2 aliphatic rings. The molecule has 1 aromatic carbocycles. The SMILES string of the molecule is N#CCC1(n2cc(-c3ncnc4[nH]ccc34)cn2)CN(C2CCN(C(=O)Nc3ccc(F)cc3CC(F)(F)F)CC2)C1. The second-order valence-corrected chi connectivity index (χ2v) is 10.8. The minimum absolute atomic E-state index is 0.0531. The average molecular weight is 582 g/mol.